The molecule has 2 N–H and O–H groups in total. The molecule has 132 valence electrons. The first-order chi connectivity index (χ1) is 12.2. The third-order valence-electron chi connectivity index (χ3n) is 4.19. The first-order valence-corrected chi connectivity index (χ1v) is 10.3. The molecule has 1 fully saturated rings. The Morgan fingerprint density at radius 1 is 1.20 bits per heavy atom. The van der Waals surface area contributed by atoms with Gasteiger partial charge >= 0.3 is 6.03 Å². The summed E-state index contributed by atoms with van der Waals surface area (Å²) >= 11 is 3.15. The minimum atomic E-state index is -0.178. The van der Waals surface area contributed by atoms with Crippen LogP contribution in [0.5, 0.6) is 0 Å². The summed E-state index contributed by atoms with van der Waals surface area (Å²) in [6, 6.07) is 11.4. The molecule has 3 rings (SSSR count). The smallest absolute Gasteiger partial charge is 0.322 e. The summed E-state index contributed by atoms with van der Waals surface area (Å²) in [7, 11) is 0. The maximum absolute atomic E-state index is 12.5. The largest absolute Gasteiger partial charge is 0.326 e. The highest BCUT2D eigenvalue weighted by Crippen LogP contribution is 2.22. The lowest BCUT2D eigenvalue weighted by atomic mass is 9.97. The lowest BCUT2D eigenvalue weighted by Crippen LogP contribution is -2.45. The summed E-state index contributed by atoms with van der Waals surface area (Å²) in [5, 5.41) is 8.59. The van der Waals surface area contributed by atoms with Gasteiger partial charge in [0.25, 0.3) is 0 Å². The lowest BCUT2D eigenvalue weighted by Gasteiger charge is -2.31. The zero-order chi connectivity index (χ0) is 17.6. The quantitative estimate of drug-likeness (QED) is 0.781. The minimum Gasteiger partial charge on any atom is -0.326 e. The molecule has 7 heteroatoms. The Morgan fingerprint density at radius 2 is 2.00 bits per heavy atom. The maximum atomic E-state index is 12.5. The van der Waals surface area contributed by atoms with Crippen molar-refractivity contribution in [2.45, 2.75) is 17.7 Å². The van der Waals surface area contributed by atoms with Crippen LogP contribution in [0.25, 0.3) is 0 Å². The fourth-order valence-electron chi connectivity index (χ4n) is 2.83. The van der Waals surface area contributed by atoms with E-state index in [2.05, 4.69) is 10.6 Å². The third-order valence-corrected chi connectivity index (χ3v) is 5.72. The van der Waals surface area contributed by atoms with Crippen LogP contribution in [0.15, 0.2) is 46.7 Å². The van der Waals surface area contributed by atoms with E-state index in [0.29, 0.717) is 13.1 Å². The molecule has 0 spiro atoms. The summed E-state index contributed by atoms with van der Waals surface area (Å²) < 4.78 is 0. The maximum Gasteiger partial charge on any atom is 0.322 e. The zero-order valence-corrected chi connectivity index (χ0v) is 15.7. The van der Waals surface area contributed by atoms with Crippen molar-refractivity contribution in [1.82, 2.24) is 4.90 Å². The van der Waals surface area contributed by atoms with Crippen molar-refractivity contribution in [2.24, 2.45) is 5.92 Å². The summed E-state index contributed by atoms with van der Waals surface area (Å²) in [6.45, 7) is 1.13. The minimum absolute atomic E-state index is 0.0227. The van der Waals surface area contributed by atoms with E-state index >= 15 is 0 Å². The van der Waals surface area contributed by atoms with E-state index in [1.807, 2.05) is 48.0 Å². The SMILES string of the molecule is CSc1ccc(NC(=O)C2CCCN(C(=O)Nc3cccs3)C2)cc1. The van der Waals surface area contributed by atoms with Crippen molar-refractivity contribution < 1.29 is 9.59 Å². The molecule has 1 atom stereocenters. The summed E-state index contributed by atoms with van der Waals surface area (Å²) in [5.74, 6) is -0.200. The van der Waals surface area contributed by atoms with Crippen LogP contribution in [0, 0.1) is 5.92 Å². The second-order valence-corrected chi connectivity index (χ2v) is 7.74. The van der Waals surface area contributed by atoms with Gasteiger partial charge in [0.15, 0.2) is 0 Å². The Kier molecular flexibility index (Phi) is 5.99. The number of carbonyl (C=O) groups excluding carboxylic acids is 2. The van der Waals surface area contributed by atoms with Crippen LogP contribution >= 0.6 is 23.1 Å². The van der Waals surface area contributed by atoms with E-state index in [1.165, 1.54) is 11.3 Å². The fourth-order valence-corrected chi connectivity index (χ4v) is 3.84. The summed E-state index contributed by atoms with van der Waals surface area (Å²) in [5.41, 5.74) is 0.794. The highest BCUT2D eigenvalue weighted by molar-refractivity contribution is 7.98. The van der Waals surface area contributed by atoms with E-state index in [9.17, 15) is 9.59 Å². The second-order valence-electron chi connectivity index (χ2n) is 5.91. The van der Waals surface area contributed by atoms with Crippen LogP contribution in [0.1, 0.15) is 12.8 Å². The molecule has 1 aliphatic rings. The number of likely N-dealkylation sites (tertiary alicyclic amines) is 1. The van der Waals surface area contributed by atoms with E-state index in [1.54, 1.807) is 16.7 Å². The molecule has 3 amide bonds. The van der Waals surface area contributed by atoms with E-state index in [4.69, 9.17) is 0 Å². The number of rotatable bonds is 4. The Balaban J connectivity index is 1.56. The first kappa shape index (κ1) is 17.8. The topological polar surface area (TPSA) is 61.4 Å². The van der Waals surface area contributed by atoms with Gasteiger partial charge in [-0.15, -0.1) is 23.1 Å². The molecule has 1 aromatic heterocycles. The number of nitrogens with one attached hydrogen (secondary N) is 2. The van der Waals surface area contributed by atoms with Crippen molar-refractivity contribution in [1.29, 1.82) is 0 Å². The molecule has 0 bridgehead atoms. The third kappa shape index (κ3) is 4.76. The highest BCUT2D eigenvalue weighted by atomic mass is 32.2. The average molecular weight is 376 g/mol. The van der Waals surface area contributed by atoms with Crippen molar-refractivity contribution >= 4 is 45.7 Å². The number of hydrogen-bond acceptors (Lipinski definition) is 4. The predicted octanol–water partition coefficient (Wildman–Crippen LogP) is 4.35. The second kappa shape index (κ2) is 8.40. The van der Waals surface area contributed by atoms with Gasteiger partial charge in [0.05, 0.1) is 10.9 Å². The Hall–Kier alpha value is -1.99. The molecule has 1 unspecified atom stereocenters. The molecular weight excluding hydrogens is 354 g/mol. The van der Waals surface area contributed by atoms with Crippen LogP contribution in [0.2, 0.25) is 0 Å². The number of nitrogens with zero attached hydrogens (tertiary/aromatic N) is 1. The number of amides is 3. The molecule has 5 nitrogen and oxygen atoms in total. The van der Waals surface area contributed by atoms with Crippen molar-refractivity contribution in [3.63, 3.8) is 0 Å². The van der Waals surface area contributed by atoms with Gasteiger partial charge in [0, 0.05) is 23.7 Å². The number of benzene rings is 1. The molecule has 2 heterocycles. The van der Waals surface area contributed by atoms with Gasteiger partial charge < -0.3 is 10.2 Å². The molecule has 1 aromatic carbocycles. The standard InChI is InChI=1S/C18H21N3O2S2/c1-24-15-8-6-14(7-9-15)19-17(22)13-4-2-10-21(12-13)18(23)20-16-5-3-11-25-16/h3,5-9,11,13H,2,4,10,12H2,1H3,(H,19,22)(H,20,23). The normalized spacial score (nSPS) is 17.2. The molecule has 0 radical (unpaired) electrons. The molecule has 0 aliphatic carbocycles. The van der Waals surface area contributed by atoms with E-state index in [0.717, 1.165) is 28.4 Å². The van der Waals surface area contributed by atoms with Gasteiger partial charge in [-0.25, -0.2) is 4.79 Å². The van der Waals surface area contributed by atoms with Crippen molar-refractivity contribution in [3.05, 3.63) is 41.8 Å². The van der Waals surface area contributed by atoms with Gasteiger partial charge in [-0.1, -0.05) is 0 Å². The number of carbonyl (C=O) groups is 2. The molecule has 2 aromatic rings. The number of anilines is 2. The Morgan fingerprint density at radius 3 is 2.68 bits per heavy atom. The van der Waals surface area contributed by atoms with E-state index < -0.39 is 0 Å². The Bertz CT molecular complexity index is 716. The molecule has 25 heavy (non-hydrogen) atoms. The average Bonchev–Trinajstić information content (AvgIpc) is 3.15. The fraction of sp³-hybridized carbons (Fsp3) is 0.333. The van der Waals surface area contributed by atoms with Crippen molar-refractivity contribution in [3.8, 4) is 0 Å². The monoisotopic (exact) mass is 375 g/mol. The number of urea groups is 1. The first-order valence-electron chi connectivity index (χ1n) is 8.20. The molecule has 1 aliphatic heterocycles. The molecular formula is C18H21N3O2S2. The van der Waals surface area contributed by atoms with Crippen LogP contribution in [-0.4, -0.2) is 36.2 Å². The highest BCUT2D eigenvalue weighted by Gasteiger charge is 2.28. The van der Waals surface area contributed by atoms with Crippen molar-refractivity contribution in [2.75, 3.05) is 30.0 Å². The van der Waals surface area contributed by atoms with Gasteiger partial charge in [-0.05, 0) is 60.9 Å². The number of piperidine rings is 1. The number of thiophene rings is 1. The Labute approximate surface area is 155 Å². The molecule has 0 saturated carbocycles. The van der Waals surface area contributed by atoms with Crippen LogP contribution in [0.3, 0.4) is 0 Å². The van der Waals surface area contributed by atoms with Gasteiger partial charge in [0.2, 0.25) is 5.91 Å². The molecule has 1 saturated heterocycles. The van der Waals surface area contributed by atoms with Crippen LogP contribution in [0.4, 0.5) is 15.5 Å². The van der Waals surface area contributed by atoms with Crippen LogP contribution < -0.4 is 10.6 Å². The number of hydrogen-bond donors (Lipinski definition) is 2. The van der Waals surface area contributed by atoms with Crippen LogP contribution in [-0.2, 0) is 4.79 Å². The van der Waals surface area contributed by atoms with Gasteiger partial charge in [0.1, 0.15) is 0 Å². The summed E-state index contributed by atoms with van der Waals surface area (Å²) in [4.78, 5) is 27.8. The predicted molar refractivity (Wildman–Crippen MR) is 104 cm³/mol. The summed E-state index contributed by atoms with van der Waals surface area (Å²) in [6.07, 6.45) is 3.66. The zero-order valence-electron chi connectivity index (χ0n) is 14.0. The van der Waals surface area contributed by atoms with Gasteiger partial charge in [-0.2, -0.15) is 0 Å². The lowest BCUT2D eigenvalue weighted by molar-refractivity contribution is -0.121. The van der Waals surface area contributed by atoms with Gasteiger partial charge in [-0.3, -0.25) is 10.1 Å². The van der Waals surface area contributed by atoms with E-state index in [-0.39, 0.29) is 17.9 Å². The number of thioether (sulfide) groups is 1.